The van der Waals surface area contributed by atoms with Gasteiger partial charge in [-0.05, 0) is 30.5 Å². The van der Waals surface area contributed by atoms with E-state index in [4.69, 9.17) is 5.11 Å². The summed E-state index contributed by atoms with van der Waals surface area (Å²) < 4.78 is 13.9. The summed E-state index contributed by atoms with van der Waals surface area (Å²) in [6.45, 7) is 0.191. The third-order valence-corrected chi connectivity index (χ3v) is 5.04. The number of likely N-dealkylation sites (tertiary alicyclic amines) is 1. The molecule has 156 valence electrons. The zero-order valence-electron chi connectivity index (χ0n) is 16.3. The maximum absolute atomic E-state index is 13.9. The molecule has 0 bridgehead atoms. The van der Waals surface area contributed by atoms with Crippen LogP contribution in [0.3, 0.4) is 0 Å². The van der Waals surface area contributed by atoms with Gasteiger partial charge in [0.15, 0.2) is 0 Å². The van der Waals surface area contributed by atoms with Crippen LogP contribution in [0.25, 0.3) is 5.76 Å². The number of aliphatic carboxylic acids is 1. The number of carboxylic acid groups (broad SMARTS) is 1. The number of aliphatic hydroxyl groups is 1. The number of unbranched alkanes of at least 4 members (excludes halogenated alkanes) is 2. The first-order valence-electron chi connectivity index (χ1n) is 9.71. The van der Waals surface area contributed by atoms with Crippen LogP contribution in [0.5, 0.6) is 0 Å². The zero-order valence-corrected chi connectivity index (χ0v) is 16.3. The minimum atomic E-state index is -0.916. The number of Topliss-reactive ketones (excluding diaryl/α,β-unsaturated/α-hetero) is 1. The number of ketones is 1. The maximum Gasteiger partial charge on any atom is 0.303 e. The number of aliphatic hydroxyl groups excluding tert-OH is 1. The summed E-state index contributed by atoms with van der Waals surface area (Å²) >= 11 is 0. The summed E-state index contributed by atoms with van der Waals surface area (Å²) in [6.07, 6.45) is 1.52. The molecule has 1 atom stereocenters. The molecule has 1 aliphatic rings. The smallest absolute Gasteiger partial charge is 0.303 e. The van der Waals surface area contributed by atoms with Crippen molar-refractivity contribution in [2.24, 2.45) is 0 Å². The van der Waals surface area contributed by atoms with E-state index in [-0.39, 0.29) is 24.3 Å². The first kappa shape index (κ1) is 21.2. The van der Waals surface area contributed by atoms with Gasteiger partial charge in [-0.1, -0.05) is 48.9 Å². The topological polar surface area (TPSA) is 94.9 Å². The Morgan fingerprint density at radius 2 is 1.70 bits per heavy atom. The number of nitrogens with zero attached hydrogens (tertiary/aromatic N) is 1. The average Bonchev–Trinajstić information content (AvgIpc) is 2.98. The van der Waals surface area contributed by atoms with Crippen molar-refractivity contribution in [3.63, 3.8) is 0 Å². The minimum absolute atomic E-state index is 0.0279. The molecule has 1 amide bonds. The third kappa shape index (κ3) is 4.56. The number of benzene rings is 2. The summed E-state index contributed by atoms with van der Waals surface area (Å²) in [6, 6.07) is 13.1. The molecule has 1 unspecified atom stereocenters. The third-order valence-electron chi connectivity index (χ3n) is 5.04. The Bertz CT molecular complexity index is 986. The van der Waals surface area contributed by atoms with Crippen LogP contribution in [0.2, 0.25) is 0 Å². The van der Waals surface area contributed by atoms with Crippen molar-refractivity contribution in [3.05, 3.63) is 77.1 Å². The van der Waals surface area contributed by atoms with Crippen molar-refractivity contribution in [1.82, 2.24) is 4.90 Å². The minimum Gasteiger partial charge on any atom is -0.507 e. The fourth-order valence-corrected chi connectivity index (χ4v) is 3.62. The second kappa shape index (κ2) is 9.35. The molecule has 0 aromatic heterocycles. The zero-order chi connectivity index (χ0) is 21.7. The second-order valence-corrected chi connectivity index (χ2v) is 7.12. The van der Waals surface area contributed by atoms with Crippen molar-refractivity contribution < 1.29 is 29.0 Å². The second-order valence-electron chi connectivity index (χ2n) is 7.12. The molecule has 2 N–H and O–H groups in total. The lowest BCUT2D eigenvalue weighted by Crippen LogP contribution is -2.30. The number of amides is 1. The highest BCUT2D eigenvalue weighted by Crippen LogP contribution is 2.39. The van der Waals surface area contributed by atoms with Gasteiger partial charge in [0, 0.05) is 18.5 Å². The standard InChI is InChI=1S/C23H22FNO5/c24-17-11-7-10-16(14-17)20-19(21(28)15-8-3-1-4-9-15)22(29)23(30)25(20)13-6-2-5-12-18(26)27/h1,3-4,7-11,14,20,28H,2,5-6,12-13H2,(H,26,27)/b21-19-. The summed E-state index contributed by atoms with van der Waals surface area (Å²) in [5.41, 5.74) is 0.693. The number of carbonyl (C=O) groups is 3. The van der Waals surface area contributed by atoms with Gasteiger partial charge in [-0.3, -0.25) is 14.4 Å². The number of halogens is 1. The predicted octanol–water partition coefficient (Wildman–Crippen LogP) is 3.89. The van der Waals surface area contributed by atoms with E-state index in [2.05, 4.69) is 0 Å². The lowest BCUT2D eigenvalue weighted by atomic mass is 9.95. The van der Waals surface area contributed by atoms with E-state index >= 15 is 0 Å². The summed E-state index contributed by atoms with van der Waals surface area (Å²) in [4.78, 5) is 37.5. The normalized spacial score (nSPS) is 18.0. The van der Waals surface area contributed by atoms with Gasteiger partial charge in [-0.2, -0.15) is 0 Å². The van der Waals surface area contributed by atoms with Gasteiger partial charge in [0.2, 0.25) is 0 Å². The number of hydrogen-bond donors (Lipinski definition) is 2. The molecular weight excluding hydrogens is 389 g/mol. The maximum atomic E-state index is 13.9. The molecule has 30 heavy (non-hydrogen) atoms. The Balaban J connectivity index is 1.96. The molecule has 1 fully saturated rings. The lowest BCUT2D eigenvalue weighted by Gasteiger charge is -2.25. The SMILES string of the molecule is O=C(O)CCCCCN1C(=O)C(=O)/C(=C(\O)c2ccccc2)C1c1cccc(F)c1. The number of carbonyl (C=O) groups excluding carboxylic acids is 2. The fraction of sp³-hybridized carbons (Fsp3) is 0.261. The quantitative estimate of drug-likeness (QED) is 0.297. The van der Waals surface area contributed by atoms with Crippen LogP contribution in [0.15, 0.2) is 60.2 Å². The van der Waals surface area contributed by atoms with Crippen molar-refractivity contribution >= 4 is 23.4 Å². The van der Waals surface area contributed by atoms with E-state index in [0.717, 1.165) is 0 Å². The Hall–Kier alpha value is -3.48. The van der Waals surface area contributed by atoms with Gasteiger partial charge < -0.3 is 15.1 Å². The Labute approximate surface area is 173 Å². The number of carboxylic acids is 1. The first-order valence-corrected chi connectivity index (χ1v) is 9.71. The van der Waals surface area contributed by atoms with Crippen LogP contribution < -0.4 is 0 Å². The fourth-order valence-electron chi connectivity index (χ4n) is 3.62. The van der Waals surface area contributed by atoms with Crippen molar-refractivity contribution in [1.29, 1.82) is 0 Å². The lowest BCUT2D eigenvalue weighted by molar-refractivity contribution is -0.140. The summed E-state index contributed by atoms with van der Waals surface area (Å²) in [7, 11) is 0. The molecule has 2 aromatic carbocycles. The molecule has 6 nitrogen and oxygen atoms in total. The molecule has 1 aliphatic heterocycles. The van der Waals surface area contributed by atoms with E-state index in [1.54, 1.807) is 36.4 Å². The van der Waals surface area contributed by atoms with E-state index < -0.39 is 29.5 Å². The Morgan fingerprint density at radius 3 is 2.37 bits per heavy atom. The Morgan fingerprint density at radius 1 is 0.967 bits per heavy atom. The van der Waals surface area contributed by atoms with E-state index in [0.29, 0.717) is 30.4 Å². The van der Waals surface area contributed by atoms with Crippen molar-refractivity contribution in [3.8, 4) is 0 Å². The van der Waals surface area contributed by atoms with E-state index in [1.165, 1.54) is 23.1 Å². The highest BCUT2D eigenvalue weighted by atomic mass is 19.1. The number of hydrogen-bond acceptors (Lipinski definition) is 4. The monoisotopic (exact) mass is 411 g/mol. The molecular formula is C23H22FNO5. The highest BCUT2D eigenvalue weighted by Gasteiger charge is 2.45. The molecule has 0 aliphatic carbocycles. The van der Waals surface area contributed by atoms with Crippen LogP contribution in [0, 0.1) is 5.82 Å². The number of rotatable bonds is 8. The molecule has 1 saturated heterocycles. The predicted molar refractivity (Wildman–Crippen MR) is 108 cm³/mol. The largest absolute Gasteiger partial charge is 0.507 e. The van der Waals surface area contributed by atoms with Crippen LogP contribution in [-0.2, 0) is 14.4 Å². The average molecular weight is 411 g/mol. The first-order chi connectivity index (χ1) is 14.4. The Kier molecular flexibility index (Phi) is 6.61. The molecule has 7 heteroatoms. The molecule has 0 saturated carbocycles. The molecule has 2 aromatic rings. The highest BCUT2D eigenvalue weighted by molar-refractivity contribution is 6.46. The van der Waals surface area contributed by atoms with Gasteiger partial charge in [0.1, 0.15) is 11.6 Å². The summed E-state index contributed by atoms with van der Waals surface area (Å²) in [5, 5.41) is 19.6. The van der Waals surface area contributed by atoms with Gasteiger partial charge in [0.05, 0.1) is 11.6 Å². The van der Waals surface area contributed by atoms with E-state index in [1.807, 2.05) is 0 Å². The van der Waals surface area contributed by atoms with Gasteiger partial charge in [-0.25, -0.2) is 4.39 Å². The van der Waals surface area contributed by atoms with Gasteiger partial charge in [-0.15, -0.1) is 0 Å². The molecule has 0 radical (unpaired) electrons. The van der Waals surface area contributed by atoms with E-state index in [9.17, 15) is 23.9 Å². The summed E-state index contributed by atoms with van der Waals surface area (Å²) in [5.74, 6) is -3.30. The molecule has 3 rings (SSSR count). The van der Waals surface area contributed by atoms with Crippen LogP contribution >= 0.6 is 0 Å². The van der Waals surface area contributed by atoms with Crippen LogP contribution in [0.4, 0.5) is 4.39 Å². The van der Waals surface area contributed by atoms with Crippen LogP contribution in [0.1, 0.15) is 42.9 Å². The van der Waals surface area contributed by atoms with Gasteiger partial charge in [0.25, 0.3) is 11.7 Å². The van der Waals surface area contributed by atoms with Crippen molar-refractivity contribution in [2.75, 3.05) is 6.54 Å². The molecule has 0 spiro atoms. The molecule has 1 heterocycles. The van der Waals surface area contributed by atoms with Crippen LogP contribution in [-0.4, -0.2) is 39.3 Å². The van der Waals surface area contributed by atoms with Gasteiger partial charge >= 0.3 is 5.97 Å². The van der Waals surface area contributed by atoms with Crippen molar-refractivity contribution in [2.45, 2.75) is 31.7 Å².